The average molecular weight is 89.1 g/mol. The lowest BCUT2D eigenvalue weighted by Gasteiger charge is -1.67. The molecule has 0 amide bonds. The van der Waals surface area contributed by atoms with Crippen molar-refractivity contribution < 1.29 is 0 Å². The third-order valence-corrected chi connectivity index (χ3v) is 1.30. The Labute approximate surface area is 32.6 Å². The molecule has 1 unspecified atom stereocenters. The van der Waals surface area contributed by atoms with Crippen LogP contribution in [0.2, 0.25) is 6.04 Å². The van der Waals surface area contributed by atoms with E-state index in [0.717, 1.165) is 12.2 Å². The molecule has 0 aromatic heterocycles. The van der Waals surface area contributed by atoms with Gasteiger partial charge in [0.25, 0.3) is 0 Å². The SMILES string of the molecule is [Si]CCP. The van der Waals surface area contributed by atoms with E-state index in [0.29, 0.717) is 0 Å². The average Bonchev–Trinajstić information content (AvgIpc) is 1.37. The van der Waals surface area contributed by atoms with Crippen molar-refractivity contribution in [1.82, 2.24) is 0 Å². The second-order valence-corrected chi connectivity index (χ2v) is 1.62. The molecule has 0 heterocycles. The molecule has 2 heteroatoms. The van der Waals surface area contributed by atoms with Gasteiger partial charge in [0.2, 0.25) is 0 Å². The maximum atomic E-state index is 3.27. The lowest BCUT2D eigenvalue weighted by atomic mass is 11.0. The first-order valence-corrected chi connectivity index (χ1v) is 2.79. The van der Waals surface area contributed by atoms with Crippen LogP contribution in [0.5, 0.6) is 0 Å². The molecule has 0 N–H and O–H groups in total. The maximum absolute atomic E-state index is 3.27. The summed E-state index contributed by atoms with van der Waals surface area (Å²) in [6.07, 6.45) is 1.15. The molecule has 4 heavy (non-hydrogen) atoms. The molecule has 0 rings (SSSR count). The van der Waals surface area contributed by atoms with E-state index >= 15 is 0 Å². The van der Waals surface area contributed by atoms with Crippen LogP contribution in [0.1, 0.15) is 0 Å². The zero-order valence-electron chi connectivity index (χ0n) is 2.49. The van der Waals surface area contributed by atoms with Crippen LogP contribution in [0.4, 0.5) is 0 Å². The van der Waals surface area contributed by atoms with Crippen LogP contribution >= 0.6 is 9.24 Å². The van der Waals surface area contributed by atoms with E-state index in [1.54, 1.807) is 0 Å². The Kier molecular flexibility index (Phi) is 4.24. The van der Waals surface area contributed by atoms with E-state index < -0.39 is 0 Å². The fourth-order valence-electron chi connectivity index (χ4n) is 0. The second-order valence-electron chi connectivity index (χ2n) is 0.539. The zero-order valence-corrected chi connectivity index (χ0v) is 4.65. The van der Waals surface area contributed by atoms with E-state index in [9.17, 15) is 0 Å². The molecule has 0 aliphatic heterocycles. The largest absolute Gasteiger partial charge is 0.138 e. The van der Waals surface area contributed by atoms with Gasteiger partial charge < -0.3 is 0 Å². The predicted molar refractivity (Wildman–Crippen MR) is 25.1 cm³/mol. The van der Waals surface area contributed by atoms with Gasteiger partial charge in [-0.15, -0.1) is 9.24 Å². The molecular weight excluding hydrogens is 83.1 g/mol. The lowest BCUT2D eigenvalue weighted by Crippen LogP contribution is -1.60. The number of hydrogen-bond donors (Lipinski definition) is 0. The third kappa shape index (κ3) is 2.65. The predicted octanol–water partition coefficient (Wildman–Crippen LogP) is 0.448. The Balaban J connectivity index is 1.97. The van der Waals surface area contributed by atoms with Crippen LogP contribution in [-0.2, 0) is 0 Å². The molecule has 0 aliphatic carbocycles. The summed E-state index contributed by atoms with van der Waals surface area (Å²) < 4.78 is 0. The summed E-state index contributed by atoms with van der Waals surface area (Å²) >= 11 is 0. The van der Waals surface area contributed by atoms with Gasteiger partial charge in [0, 0.05) is 10.2 Å². The van der Waals surface area contributed by atoms with E-state index in [1.807, 2.05) is 0 Å². The molecule has 0 spiro atoms. The Morgan fingerprint density at radius 3 is 2.00 bits per heavy atom. The highest BCUT2D eigenvalue weighted by molar-refractivity contribution is 7.16. The van der Waals surface area contributed by atoms with E-state index in [1.165, 1.54) is 0 Å². The molecule has 23 valence electrons. The van der Waals surface area contributed by atoms with Crippen molar-refractivity contribution in [3.05, 3.63) is 0 Å². The van der Waals surface area contributed by atoms with Crippen molar-refractivity contribution in [3.8, 4) is 0 Å². The van der Waals surface area contributed by atoms with Gasteiger partial charge in [0.05, 0.1) is 0 Å². The first kappa shape index (κ1) is 4.65. The van der Waals surface area contributed by atoms with Crippen molar-refractivity contribution in [2.24, 2.45) is 0 Å². The topological polar surface area (TPSA) is 0 Å². The van der Waals surface area contributed by atoms with Gasteiger partial charge in [-0.2, -0.15) is 0 Å². The molecule has 0 fully saturated rings. The minimum atomic E-state index is 1.09. The maximum Gasteiger partial charge on any atom is 0.0225 e. The molecule has 0 aromatic rings. The van der Waals surface area contributed by atoms with E-state index in [-0.39, 0.29) is 0 Å². The Morgan fingerprint density at radius 2 is 2.00 bits per heavy atom. The molecule has 1 atom stereocenters. The fraction of sp³-hybridized carbons (Fsp3) is 1.00. The summed E-state index contributed by atoms with van der Waals surface area (Å²) in [5.74, 6) is 0. The monoisotopic (exact) mass is 89.0 g/mol. The highest BCUT2D eigenvalue weighted by atomic mass is 31.0. The van der Waals surface area contributed by atoms with Gasteiger partial charge in [-0.1, -0.05) is 6.04 Å². The van der Waals surface area contributed by atoms with E-state index in [2.05, 4.69) is 19.5 Å². The summed E-state index contributed by atoms with van der Waals surface area (Å²) in [5.41, 5.74) is 0. The van der Waals surface area contributed by atoms with Crippen LogP contribution in [0.25, 0.3) is 0 Å². The van der Waals surface area contributed by atoms with Crippen molar-refractivity contribution in [1.29, 1.82) is 0 Å². The van der Waals surface area contributed by atoms with E-state index in [4.69, 9.17) is 0 Å². The molecule has 0 saturated heterocycles. The summed E-state index contributed by atoms with van der Waals surface area (Å²) in [5, 5.41) is 0. The quantitative estimate of drug-likeness (QED) is 0.323. The van der Waals surface area contributed by atoms with Crippen LogP contribution in [-0.4, -0.2) is 16.4 Å². The standard InChI is InChI=1S/C2H6PSi/c3-1-2-4/h1-3H2. The molecule has 0 saturated carbocycles. The minimum Gasteiger partial charge on any atom is -0.138 e. The summed E-state index contributed by atoms with van der Waals surface area (Å²) in [7, 11) is 5.87. The van der Waals surface area contributed by atoms with Crippen LogP contribution in [0, 0.1) is 0 Å². The zero-order chi connectivity index (χ0) is 3.41. The van der Waals surface area contributed by atoms with Crippen molar-refractivity contribution in [2.75, 3.05) is 6.16 Å². The third-order valence-electron chi connectivity index (χ3n) is 0.144. The number of rotatable bonds is 1. The van der Waals surface area contributed by atoms with Gasteiger partial charge >= 0.3 is 0 Å². The molecule has 3 radical (unpaired) electrons. The van der Waals surface area contributed by atoms with Gasteiger partial charge in [-0.25, -0.2) is 0 Å². The fourth-order valence-corrected chi connectivity index (χ4v) is 0. The van der Waals surface area contributed by atoms with Crippen LogP contribution in [0.15, 0.2) is 0 Å². The molecular formula is C2H6PSi. The Bertz CT molecular complexity index is 8.00. The van der Waals surface area contributed by atoms with Gasteiger partial charge in [0.15, 0.2) is 0 Å². The molecule has 0 aliphatic rings. The molecule has 0 nitrogen and oxygen atoms in total. The summed E-state index contributed by atoms with van der Waals surface area (Å²) in [6, 6.07) is 1.09. The lowest BCUT2D eigenvalue weighted by molar-refractivity contribution is 1.51. The molecule has 0 bridgehead atoms. The van der Waals surface area contributed by atoms with Crippen molar-refractivity contribution in [3.63, 3.8) is 0 Å². The first-order valence-electron chi connectivity index (χ1n) is 1.26. The molecule has 0 aromatic carbocycles. The van der Waals surface area contributed by atoms with Crippen LogP contribution in [0.3, 0.4) is 0 Å². The Hall–Kier alpha value is 0.647. The Morgan fingerprint density at radius 1 is 1.75 bits per heavy atom. The smallest absolute Gasteiger partial charge is 0.0225 e. The second kappa shape index (κ2) is 3.65. The number of hydrogen-bond acceptors (Lipinski definition) is 0. The van der Waals surface area contributed by atoms with Crippen LogP contribution < -0.4 is 0 Å². The van der Waals surface area contributed by atoms with Crippen molar-refractivity contribution in [2.45, 2.75) is 6.04 Å². The summed E-state index contributed by atoms with van der Waals surface area (Å²) in [6.45, 7) is 0. The minimum absolute atomic E-state index is 1.09. The highest BCUT2D eigenvalue weighted by Crippen LogP contribution is 1.78. The summed E-state index contributed by atoms with van der Waals surface area (Å²) in [4.78, 5) is 0. The normalized spacial score (nSPS) is 7.50. The van der Waals surface area contributed by atoms with Crippen molar-refractivity contribution >= 4 is 19.5 Å². The highest BCUT2D eigenvalue weighted by Gasteiger charge is 1.57. The first-order chi connectivity index (χ1) is 1.91. The van der Waals surface area contributed by atoms with Gasteiger partial charge in [0.1, 0.15) is 0 Å². The van der Waals surface area contributed by atoms with Gasteiger partial charge in [-0.05, 0) is 6.16 Å². The van der Waals surface area contributed by atoms with Gasteiger partial charge in [-0.3, -0.25) is 0 Å².